The van der Waals surface area contributed by atoms with Crippen LogP contribution < -0.4 is 11.1 Å². The highest BCUT2D eigenvalue weighted by molar-refractivity contribution is 5.98. The maximum Gasteiger partial charge on any atom is 0.170 e. The summed E-state index contributed by atoms with van der Waals surface area (Å²) in [6, 6.07) is 4.56. The van der Waals surface area contributed by atoms with E-state index in [-0.39, 0.29) is 5.84 Å². The lowest BCUT2D eigenvalue weighted by Crippen LogP contribution is -2.36. The minimum absolute atomic E-state index is 0.0869. The normalized spacial score (nSPS) is 20.5. The third kappa shape index (κ3) is 3.65. The molecule has 0 aromatic heterocycles. The fraction of sp³-hybridized carbons (Fsp3) is 0.462. The van der Waals surface area contributed by atoms with Crippen molar-refractivity contribution in [1.29, 1.82) is 0 Å². The predicted octanol–water partition coefficient (Wildman–Crippen LogP) is 1.19. The van der Waals surface area contributed by atoms with Crippen molar-refractivity contribution in [3.05, 3.63) is 35.1 Å². The molecule has 0 radical (unpaired) electrons. The van der Waals surface area contributed by atoms with Crippen LogP contribution >= 0.6 is 0 Å². The van der Waals surface area contributed by atoms with Crippen LogP contribution in [0.4, 0.5) is 4.39 Å². The van der Waals surface area contributed by atoms with E-state index in [0.717, 1.165) is 25.0 Å². The number of nitrogens with two attached hydrogens (primary N) is 1. The van der Waals surface area contributed by atoms with Gasteiger partial charge in [0, 0.05) is 24.8 Å². The number of oxime groups is 1. The highest BCUT2D eigenvalue weighted by atomic mass is 19.1. The smallest absolute Gasteiger partial charge is 0.170 e. The van der Waals surface area contributed by atoms with E-state index >= 15 is 0 Å². The van der Waals surface area contributed by atoms with E-state index in [1.807, 2.05) is 0 Å². The molecule has 1 atom stereocenters. The molecule has 1 fully saturated rings. The van der Waals surface area contributed by atoms with Gasteiger partial charge in [-0.1, -0.05) is 11.2 Å². The van der Waals surface area contributed by atoms with Gasteiger partial charge < -0.3 is 21.0 Å². The number of benzene rings is 1. The molecule has 0 spiro atoms. The number of rotatable bonds is 4. The monoisotopic (exact) mass is 267 g/mol. The fourth-order valence-electron chi connectivity index (χ4n) is 2.15. The van der Waals surface area contributed by atoms with Crippen LogP contribution in [-0.2, 0) is 11.3 Å². The Morgan fingerprint density at radius 2 is 2.42 bits per heavy atom. The molecule has 0 aliphatic carbocycles. The van der Waals surface area contributed by atoms with Gasteiger partial charge in [0.1, 0.15) is 5.82 Å². The third-order valence-corrected chi connectivity index (χ3v) is 3.20. The molecule has 1 aromatic carbocycles. The van der Waals surface area contributed by atoms with Crippen molar-refractivity contribution >= 4 is 5.84 Å². The van der Waals surface area contributed by atoms with E-state index in [1.165, 1.54) is 12.1 Å². The van der Waals surface area contributed by atoms with E-state index in [9.17, 15) is 4.39 Å². The topological polar surface area (TPSA) is 79.9 Å². The molecule has 1 aliphatic rings. The first kappa shape index (κ1) is 13.8. The van der Waals surface area contributed by atoms with Crippen molar-refractivity contribution in [3.63, 3.8) is 0 Å². The number of ether oxygens (including phenoxy) is 1. The zero-order valence-corrected chi connectivity index (χ0v) is 10.6. The average Bonchev–Trinajstić information content (AvgIpc) is 2.46. The molecule has 4 N–H and O–H groups in total. The lowest BCUT2D eigenvalue weighted by atomic mass is 10.0. The average molecular weight is 267 g/mol. The van der Waals surface area contributed by atoms with Crippen molar-refractivity contribution in [3.8, 4) is 0 Å². The van der Waals surface area contributed by atoms with Gasteiger partial charge in [-0.3, -0.25) is 0 Å². The van der Waals surface area contributed by atoms with Crippen molar-refractivity contribution in [2.24, 2.45) is 10.9 Å². The number of amidine groups is 1. The molecule has 1 saturated heterocycles. The molecule has 0 bridgehead atoms. The molecule has 1 aromatic rings. The number of halogens is 1. The maximum atomic E-state index is 13.2. The summed E-state index contributed by atoms with van der Waals surface area (Å²) in [4.78, 5) is 0. The molecule has 0 amide bonds. The van der Waals surface area contributed by atoms with Gasteiger partial charge in [-0.25, -0.2) is 4.39 Å². The molecule has 6 heteroatoms. The zero-order valence-electron chi connectivity index (χ0n) is 10.6. The Bertz CT molecular complexity index is 459. The Kier molecular flexibility index (Phi) is 4.70. The second-order valence-corrected chi connectivity index (χ2v) is 4.58. The van der Waals surface area contributed by atoms with Gasteiger partial charge in [-0.05, 0) is 30.5 Å². The Hall–Kier alpha value is -1.66. The van der Waals surface area contributed by atoms with Gasteiger partial charge in [0.05, 0.1) is 6.61 Å². The minimum atomic E-state index is -0.411. The molecule has 1 unspecified atom stereocenters. The number of nitrogens with one attached hydrogen (secondary N) is 1. The summed E-state index contributed by atoms with van der Waals surface area (Å²) in [5.41, 5.74) is 6.76. The number of nitrogens with zero attached hydrogens (tertiary/aromatic N) is 1. The van der Waals surface area contributed by atoms with Crippen LogP contribution in [-0.4, -0.2) is 30.3 Å². The van der Waals surface area contributed by atoms with Crippen molar-refractivity contribution in [1.82, 2.24) is 5.32 Å². The van der Waals surface area contributed by atoms with Gasteiger partial charge in [0.2, 0.25) is 0 Å². The number of hydrogen-bond acceptors (Lipinski definition) is 4. The van der Waals surface area contributed by atoms with Gasteiger partial charge in [0.25, 0.3) is 0 Å². The predicted molar refractivity (Wildman–Crippen MR) is 69.6 cm³/mol. The van der Waals surface area contributed by atoms with Crippen LogP contribution in [0.3, 0.4) is 0 Å². The van der Waals surface area contributed by atoms with Crippen LogP contribution in [0.25, 0.3) is 0 Å². The SMILES string of the molecule is NC(=NO)c1cc(F)ccc1CNC1CCCOC1. The standard InChI is InChI=1S/C13H18FN3O2/c14-10-4-3-9(12(6-10)13(15)17-18)7-16-11-2-1-5-19-8-11/h3-4,6,11,16,18H,1-2,5,7-8H2,(H2,15,17). The number of hydrogen-bond donors (Lipinski definition) is 3. The van der Waals surface area contributed by atoms with Crippen molar-refractivity contribution < 1.29 is 14.3 Å². The van der Waals surface area contributed by atoms with Crippen LogP contribution in [0.15, 0.2) is 23.4 Å². The molecule has 1 heterocycles. The zero-order chi connectivity index (χ0) is 13.7. The first-order valence-electron chi connectivity index (χ1n) is 6.28. The highest BCUT2D eigenvalue weighted by Crippen LogP contribution is 2.13. The molecule has 0 saturated carbocycles. The van der Waals surface area contributed by atoms with Crippen molar-refractivity contribution in [2.45, 2.75) is 25.4 Å². The summed E-state index contributed by atoms with van der Waals surface area (Å²) in [5.74, 6) is -0.498. The van der Waals surface area contributed by atoms with Crippen LogP contribution in [0, 0.1) is 5.82 Å². The molecular weight excluding hydrogens is 249 g/mol. The van der Waals surface area contributed by atoms with E-state index in [1.54, 1.807) is 6.07 Å². The lowest BCUT2D eigenvalue weighted by molar-refractivity contribution is 0.0699. The largest absolute Gasteiger partial charge is 0.409 e. The minimum Gasteiger partial charge on any atom is -0.409 e. The van der Waals surface area contributed by atoms with Crippen molar-refractivity contribution in [2.75, 3.05) is 13.2 Å². The second-order valence-electron chi connectivity index (χ2n) is 4.58. The van der Waals surface area contributed by atoms with Gasteiger partial charge >= 0.3 is 0 Å². The summed E-state index contributed by atoms with van der Waals surface area (Å²) in [6.45, 7) is 2.02. The third-order valence-electron chi connectivity index (χ3n) is 3.20. The summed E-state index contributed by atoms with van der Waals surface area (Å²) < 4.78 is 18.6. The van der Waals surface area contributed by atoms with Crippen LogP contribution in [0.2, 0.25) is 0 Å². The Labute approximate surface area is 111 Å². The summed E-state index contributed by atoms with van der Waals surface area (Å²) >= 11 is 0. The summed E-state index contributed by atoms with van der Waals surface area (Å²) in [7, 11) is 0. The second kappa shape index (κ2) is 6.49. The summed E-state index contributed by atoms with van der Waals surface area (Å²) in [6.07, 6.45) is 2.09. The van der Waals surface area contributed by atoms with E-state index in [4.69, 9.17) is 15.7 Å². The lowest BCUT2D eigenvalue weighted by Gasteiger charge is -2.23. The molecule has 1 aliphatic heterocycles. The molecule has 104 valence electrons. The maximum absolute atomic E-state index is 13.2. The highest BCUT2D eigenvalue weighted by Gasteiger charge is 2.15. The molecule has 5 nitrogen and oxygen atoms in total. The van der Waals surface area contributed by atoms with E-state index < -0.39 is 5.82 Å². The van der Waals surface area contributed by atoms with Gasteiger partial charge in [-0.15, -0.1) is 0 Å². The molecule has 2 rings (SSSR count). The summed E-state index contributed by atoms with van der Waals surface area (Å²) in [5, 5.41) is 15.0. The first-order valence-corrected chi connectivity index (χ1v) is 6.28. The Morgan fingerprint density at radius 3 is 3.11 bits per heavy atom. The Morgan fingerprint density at radius 1 is 1.58 bits per heavy atom. The van der Waals surface area contributed by atoms with Crippen LogP contribution in [0.1, 0.15) is 24.0 Å². The Balaban J connectivity index is 2.06. The van der Waals surface area contributed by atoms with E-state index in [0.29, 0.717) is 24.8 Å². The first-order chi connectivity index (χ1) is 9.20. The fourth-order valence-corrected chi connectivity index (χ4v) is 2.15. The van der Waals surface area contributed by atoms with Gasteiger partial charge in [0.15, 0.2) is 5.84 Å². The van der Waals surface area contributed by atoms with Gasteiger partial charge in [-0.2, -0.15) is 0 Å². The quantitative estimate of drug-likeness (QED) is 0.331. The van der Waals surface area contributed by atoms with E-state index in [2.05, 4.69) is 10.5 Å². The molecular formula is C13H18FN3O2. The molecule has 19 heavy (non-hydrogen) atoms. The van der Waals surface area contributed by atoms with Crippen LogP contribution in [0.5, 0.6) is 0 Å².